The summed E-state index contributed by atoms with van der Waals surface area (Å²) in [5.41, 5.74) is 0. The zero-order valence-electron chi connectivity index (χ0n) is 15.4. The van der Waals surface area contributed by atoms with Gasteiger partial charge in [-0.25, -0.2) is 0 Å². The summed E-state index contributed by atoms with van der Waals surface area (Å²) in [7, 11) is 1.84. The summed E-state index contributed by atoms with van der Waals surface area (Å²) in [6.45, 7) is 2.74. The maximum Gasteiger partial charge on any atom is 0.221 e. The number of nitrogens with one attached hydrogen (secondary N) is 2. The minimum Gasteiger partial charge on any atom is -0.374 e. The van der Waals surface area contributed by atoms with Crippen molar-refractivity contribution in [1.82, 2.24) is 15.5 Å². The topological polar surface area (TPSA) is 66.0 Å². The first-order chi connectivity index (χ1) is 12.2. The predicted octanol–water partition coefficient (Wildman–Crippen LogP) is 1.51. The van der Waals surface area contributed by atoms with Crippen molar-refractivity contribution in [2.45, 2.75) is 69.6 Å². The van der Waals surface area contributed by atoms with Crippen LogP contribution in [0.5, 0.6) is 0 Å². The molecular weight excluding hydrogens is 316 g/mol. The van der Waals surface area contributed by atoms with Gasteiger partial charge in [-0.15, -0.1) is 0 Å². The number of likely N-dealkylation sites (tertiary alicyclic amines) is 1. The fourth-order valence-corrected chi connectivity index (χ4v) is 5.30. The number of amides is 1. The normalized spacial score (nSPS) is 35.1. The Hall–Kier alpha value is -1.30. The molecule has 6 nitrogen and oxygen atoms in total. The lowest BCUT2D eigenvalue weighted by Gasteiger charge is -2.24. The number of guanidine groups is 1. The van der Waals surface area contributed by atoms with E-state index in [1.54, 1.807) is 0 Å². The van der Waals surface area contributed by atoms with Gasteiger partial charge in [-0.3, -0.25) is 9.79 Å². The van der Waals surface area contributed by atoms with Crippen molar-refractivity contribution in [1.29, 1.82) is 0 Å². The van der Waals surface area contributed by atoms with E-state index in [1.165, 1.54) is 32.1 Å². The molecule has 0 aromatic carbocycles. The maximum absolute atomic E-state index is 12.1. The smallest absolute Gasteiger partial charge is 0.221 e. The van der Waals surface area contributed by atoms with Crippen molar-refractivity contribution in [3.8, 4) is 0 Å². The summed E-state index contributed by atoms with van der Waals surface area (Å²) in [4.78, 5) is 18.9. The Morgan fingerprint density at radius 3 is 2.40 bits per heavy atom. The number of rotatable bonds is 4. The Balaban J connectivity index is 1.20. The molecule has 3 heterocycles. The van der Waals surface area contributed by atoms with Crippen LogP contribution in [0, 0.1) is 11.8 Å². The standard InChI is InChI=1S/C19H32N4O2/c1-20-19(21-10-9-18(24)22-13-5-3-2-4-6-13)23-11-14-15(12-23)17-8-7-16(14)25-17/h13-17H,2-12H2,1H3,(H,20,21)(H,22,24). The molecule has 4 fully saturated rings. The third kappa shape index (κ3) is 3.64. The van der Waals surface area contributed by atoms with E-state index in [-0.39, 0.29) is 5.91 Å². The first-order valence-electron chi connectivity index (χ1n) is 10.1. The van der Waals surface area contributed by atoms with Gasteiger partial charge in [-0.1, -0.05) is 19.3 Å². The van der Waals surface area contributed by atoms with Gasteiger partial charge in [-0.2, -0.15) is 0 Å². The van der Waals surface area contributed by atoms with E-state index < -0.39 is 0 Å². The summed E-state index contributed by atoms with van der Waals surface area (Å²) in [5, 5.41) is 6.58. The molecule has 4 atom stereocenters. The fraction of sp³-hybridized carbons (Fsp3) is 0.895. The number of carbonyl (C=O) groups excluding carboxylic acids is 1. The van der Waals surface area contributed by atoms with Gasteiger partial charge in [-0.05, 0) is 25.7 Å². The Morgan fingerprint density at radius 2 is 1.76 bits per heavy atom. The highest BCUT2D eigenvalue weighted by Gasteiger charge is 2.53. The van der Waals surface area contributed by atoms with E-state index >= 15 is 0 Å². The van der Waals surface area contributed by atoms with E-state index in [4.69, 9.17) is 4.74 Å². The van der Waals surface area contributed by atoms with Crippen molar-refractivity contribution >= 4 is 11.9 Å². The lowest BCUT2D eigenvalue weighted by molar-refractivity contribution is -0.121. The highest BCUT2D eigenvalue weighted by Crippen LogP contribution is 2.47. The summed E-state index contributed by atoms with van der Waals surface area (Å²) in [6.07, 6.45) is 10.0. The molecule has 1 aliphatic carbocycles. The van der Waals surface area contributed by atoms with Gasteiger partial charge in [0.1, 0.15) is 0 Å². The number of carbonyl (C=O) groups is 1. The number of hydrogen-bond acceptors (Lipinski definition) is 3. The van der Waals surface area contributed by atoms with Gasteiger partial charge in [0.05, 0.1) is 12.2 Å². The number of ether oxygens (including phenoxy) is 1. The minimum absolute atomic E-state index is 0.166. The molecule has 1 saturated carbocycles. The van der Waals surface area contributed by atoms with Crippen LogP contribution < -0.4 is 10.6 Å². The van der Waals surface area contributed by atoms with Crippen molar-refractivity contribution in [2.75, 3.05) is 26.7 Å². The van der Waals surface area contributed by atoms with Crippen LogP contribution in [0.15, 0.2) is 4.99 Å². The molecule has 1 amide bonds. The summed E-state index contributed by atoms with van der Waals surface area (Å²) < 4.78 is 6.05. The number of fused-ring (bicyclic) bond motifs is 5. The van der Waals surface area contributed by atoms with E-state index in [0.29, 0.717) is 43.1 Å². The van der Waals surface area contributed by atoms with Crippen LogP contribution in [0.2, 0.25) is 0 Å². The molecule has 3 saturated heterocycles. The lowest BCUT2D eigenvalue weighted by atomic mass is 9.82. The third-order valence-electron chi connectivity index (χ3n) is 6.57. The molecular formula is C19H32N4O2. The van der Waals surface area contributed by atoms with Crippen LogP contribution in [0.25, 0.3) is 0 Å². The first kappa shape index (κ1) is 17.1. The second-order valence-electron chi connectivity index (χ2n) is 8.15. The molecule has 25 heavy (non-hydrogen) atoms. The van der Waals surface area contributed by atoms with E-state index in [1.807, 2.05) is 7.05 Å². The Bertz CT molecular complexity index is 500. The second kappa shape index (κ2) is 7.52. The van der Waals surface area contributed by atoms with Crippen molar-refractivity contribution in [2.24, 2.45) is 16.8 Å². The fourth-order valence-electron chi connectivity index (χ4n) is 5.30. The Morgan fingerprint density at radius 1 is 1.08 bits per heavy atom. The monoisotopic (exact) mass is 348 g/mol. The molecule has 0 spiro atoms. The maximum atomic E-state index is 12.1. The van der Waals surface area contributed by atoms with Gasteiger partial charge in [0, 0.05) is 51.0 Å². The van der Waals surface area contributed by atoms with Gasteiger partial charge < -0.3 is 20.3 Å². The molecule has 4 aliphatic rings. The first-order valence-corrected chi connectivity index (χ1v) is 10.1. The van der Waals surface area contributed by atoms with E-state index in [2.05, 4.69) is 20.5 Å². The molecule has 0 aromatic heterocycles. The predicted molar refractivity (Wildman–Crippen MR) is 97.4 cm³/mol. The summed E-state index contributed by atoms with van der Waals surface area (Å²) >= 11 is 0. The number of aliphatic imine (C=N–C) groups is 1. The average molecular weight is 348 g/mol. The minimum atomic E-state index is 0.166. The Kier molecular flexibility index (Phi) is 5.15. The second-order valence-corrected chi connectivity index (χ2v) is 8.15. The molecule has 4 rings (SSSR count). The highest BCUT2D eigenvalue weighted by molar-refractivity contribution is 5.81. The molecule has 0 aromatic rings. The number of hydrogen-bond donors (Lipinski definition) is 2. The summed E-state index contributed by atoms with van der Waals surface area (Å²) in [5.74, 6) is 2.46. The zero-order valence-corrected chi connectivity index (χ0v) is 15.4. The van der Waals surface area contributed by atoms with Crippen molar-refractivity contribution in [3.05, 3.63) is 0 Å². The van der Waals surface area contributed by atoms with Crippen LogP contribution in [-0.4, -0.2) is 61.7 Å². The zero-order chi connectivity index (χ0) is 17.2. The van der Waals surface area contributed by atoms with Crippen LogP contribution in [0.1, 0.15) is 51.4 Å². The largest absolute Gasteiger partial charge is 0.374 e. The van der Waals surface area contributed by atoms with Gasteiger partial charge in [0.2, 0.25) is 5.91 Å². The van der Waals surface area contributed by atoms with Crippen LogP contribution in [0.4, 0.5) is 0 Å². The quantitative estimate of drug-likeness (QED) is 0.597. The SMILES string of the molecule is CN=C(NCCC(=O)NC1CCCCC1)N1CC2C3CCC(O3)C2C1. The van der Waals surface area contributed by atoms with Crippen molar-refractivity contribution in [3.63, 3.8) is 0 Å². The number of nitrogens with zero attached hydrogens (tertiary/aromatic N) is 2. The van der Waals surface area contributed by atoms with Crippen LogP contribution in [-0.2, 0) is 9.53 Å². The molecule has 4 unspecified atom stereocenters. The molecule has 0 radical (unpaired) electrons. The molecule has 2 bridgehead atoms. The van der Waals surface area contributed by atoms with Gasteiger partial charge >= 0.3 is 0 Å². The lowest BCUT2D eigenvalue weighted by Crippen LogP contribution is -2.43. The molecule has 140 valence electrons. The average Bonchev–Trinajstić information content (AvgIpc) is 3.32. The van der Waals surface area contributed by atoms with Gasteiger partial charge in [0.25, 0.3) is 0 Å². The highest BCUT2D eigenvalue weighted by atomic mass is 16.5. The van der Waals surface area contributed by atoms with Crippen molar-refractivity contribution < 1.29 is 9.53 Å². The van der Waals surface area contributed by atoms with E-state index in [9.17, 15) is 4.79 Å². The Labute approximate surface area is 150 Å². The van der Waals surface area contributed by atoms with Crippen LogP contribution >= 0.6 is 0 Å². The molecule has 2 N–H and O–H groups in total. The van der Waals surface area contributed by atoms with E-state index in [0.717, 1.165) is 31.9 Å². The summed E-state index contributed by atoms with van der Waals surface area (Å²) in [6, 6.07) is 0.397. The van der Waals surface area contributed by atoms with Crippen LogP contribution in [0.3, 0.4) is 0 Å². The molecule has 3 aliphatic heterocycles. The third-order valence-corrected chi connectivity index (χ3v) is 6.57. The molecule has 6 heteroatoms. The van der Waals surface area contributed by atoms with Gasteiger partial charge in [0.15, 0.2) is 5.96 Å².